The average Bonchev–Trinajstić information content (AvgIpc) is 2.43. The summed E-state index contributed by atoms with van der Waals surface area (Å²) in [5.41, 5.74) is 0. The lowest BCUT2D eigenvalue weighted by atomic mass is 9.94. The molecular formula is C9H3Cl4F11O2. The first kappa shape index (κ1) is 25.9. The summed E-state index contributed by atoms with van der Waals surface area (Å²) >= 11 is 15.7. The van der Waals surface area contributed by atoms with E-state index in [1.54, 1.807) is 0 Å². The van der Waals surface area contributed by atoms with Crippen LogP contribution in [-0.4, -0.2) is 51.6 Å². The molecule has 0 amide bonds. The van der Waals surface area contributed by atoms with Crippen LogP contribution < -0.4 is 0 Å². The van der Waals surface area contributed by atoms with Crippen LogP contribution >= 0.6 is 46.4 Å². The maximum Gasteiger partial charge on any atom is 0.395 e. The molecule has 0 radical (unpaired) electrons. The lowest BCUT2D eigenvalue weighted by molar-refractivity contribution is -0.305. The molecule has 0 aromatic carbocycles. The standard InChI is InChI=1S/C9H3Cl4F11O2/c1-26-2(25)3(14,15)4(10,16)7(19,20)5(11,17)8(21,22)6(12,18)9(13,23)24/h1H3. The number of alkyl halides is 15. The van der Waals surface area contributed by atoms with Crippen molar-refractivity contribution in [2.24, 2.45) is 0 Å². The van der Waals surface area contributed by atoms with E-state index in [9.17, 15) is 53.1 Å². The van der Waals surface area contributed by atoms with Gasteiger partial charge in [0, 0.05) is 0 Å². The summed E-state index contributed by atoms with van der Waals surface area (Å²) in [6.07, 6.45) is 0. The van der Waals surface area contributed by atoms with Crippen LogP contribution in [0.25, 0.3) is 0 Å². The molecule has 0 aromatic rings. The second-order valence-corrected chi connectivity index (χ2v) is 6.47. The van der Waals surface area contributed by atoms with Gasteiger partial charge < -0.3 is 4.74 Å². The molecule has 0 aliphatic rings. The van der Waals surface area contributed by atoms with Gasteiger partial charge in [-0.15, -0.1) is 0 Å². The maximum atomic E-state index is 13.8. The number of esters is 1. The Morgan fingerprint density at radius 2 is 0.962 bits per heavy atom. The zero-order valence-corrected chi connectivity index (χ0v) is 14.5. The van der Waals surface area contributed by atoms with E-state index in [0.717, 1.165) is 0 Å². The van der Waals surface area contributed by atoms with Gasteiger partial charge in [0.1, 0.15) is 0 Å². The molecule has 0 spiro atoms. The number of ether oxygens (including phenoxy) is 1. The number of carbonyl (C=O) groups is 1. The van der Waals surface area contributed by atoms with Crippen molar-refractivity contribution < 1.29 is 57.8 Å². The molecule has 0 aliphatic heterocycles. The summed E-state index contributed by atoms with van der Waals surface area (Å²) in [5, 5.41) is -25.6. The Morgan fingerprint density at radius 3 is 1.23 bits per heavy atom. The fourth-order valence-corrected chi connectivity index (χ4v) is 2.04. The predicted octanol–water partition coefficient (Wildman–Crippen LogP) is 5.61. The molecule has 0 saturated carbocycles. The van der Waals surface area contributed by atoms with Crippen LogP contribution in [0, 0.1) is 0 Å². The van der Waals surface area contributed by atoms with Crippen molar-refractivity contribution in [2.75, 3.05) is 7.11 Å². The molecule has 3 atom stereocenters. The average molecular weight is 494 g/mol. The minimum atomic E-state index is -7.15. The van der Waals surface area contributed by atoms with Crippen LogP contribution in [0.15, 0.2) is 0 Å². The summed E-state index contributed by atoms with van der Waals surface area (Å²) in [5.74, 6) is -23.7. The van der Waals surface area contributed by atoms with E-state index in [1.165, 1.54) is 0 Å². The third kappa shape index (κ3) is 3.26. The molecule has 0 aliphatic carbocycles. The molecule has 0 heterocycles. The summed E-state index contributed by atoms with van der Waals surface area (Å²) in [6, 6.07) is 0. The number of carbonyl (C=O) groups excluding carboxylic acids is 1. The Bertz CT molecular complexity index is 558. The zero-order chi connectivity index (χ0) is 21.8. The lowest BCUT2D eigenvalue weighted by Gasteiger charge is -2.43. The number of hydrogen-bond donors (Lipinski definition) is 0. The first-order valence-electron chi connectivity index (χ1n) is 5.40. The lowest BCUT2D eigenvalue weighted by Crippen LogP contribution is -2.72. The van der Waals surface area contributed by atoms with Crippen molar-refractivity contribution in [1.29, 1.82) is 0 Å². The summed E-state index contributed by atoms with van der Waals surface area (Å²) in [4.78, 5) is 10.6. The molecule has 26 heavy (non-hydrogen) atoms. The van der Waals surface area contributed by atoms with Crippen molar-refractivity contribution >= 4 is 52.4 Å². The van der Waals surface area contributed by atoms with Gasteiger partial charge in [-0.05, 0) is 11.6 Å². The Balaban J connectivity index is 6.56. The van der Waals surface area contributed by atoms with Crippen LogP contribution in [0.3, 0.4) is 0 Å². The van der Waals surface area contributed by atoms with Crippen LogP contribution in [-0.2, 0) is 9.53 Å². The molecule has 2 nitrogen and oxygen atoms in total. The first-order chi connectivity index (χ1) is 11.0. The van der Waals surface area contributed by atoms with Gasteiger partial charge in [0.15, 0.2) is 0 Å². The molecule has 0 rings (SSSR count). The van der Waals surface area contributed by atoms with E-state index in [-0.39, 0.29) is 7.11 Å². The highest BCUT2D eigenvalue weighted by Gasteiger charge is 2.90. The number of methoxy groups -OCH3 is 1. The van der Waals surface area contributed by atoms with E-state index in [2.05, 4.69) is 51.1 Å². The van der Waals surface area contributed by atoms with E-state index in [1.807, 2.05) is 0 Å². The largest absolute Gasteiger partial charge is 0.464 e. The maximum absolute atomic E-state index is 13.8. The van der Waals surface area contributed by atoms with Crippen LogP contribution in [0.1, 0.15) is 0 Å². The number of rotatable bonds is 7. The third-order valence-corrected chi connectivity index (χ3v) is 4.55. The number of halogens is 15. The Labute approximate surface area is 156 Å². The minimum absolute atomic E-state index is 0.0682. The van der Waals surface area contributed by atoms with Crippen LogP contribution in [0.4, 0.5) is 48.3 Å². The first-order valence-corrected chi connectivity index (χ1v) is 6.91. The Hall–Kier alpha value is -0.140. The quantitative estimate of drug-likeness (QED) is 0.262. The van der Waals surface area contributed by atoms with E-state index in [0.29, 0.717) is 0 Å². The molecule has 0 saturated heterocycles. The van der Waals surface area contributed by atoms with Gasteiger partial charge in [-0.2, -0.15) is 35.1 Å². The van der Waals surface area contributed by atoms with Gasteiger partial charge in [-0.25, -0.2) is 18.0 Å². The predicted molar refractivity (Wildman–Crippen MR) is 66.7 cm³/mol. The molecule has 156 valence electrons. The second-order valence-electron chi connectivity index (χ2n) is 4.44. The molecule has 0 N–H and O–H groups in total. The topological polar surface area (TPSA) is 26.3 Å². The molecule has 0 bridgehead atoms. The van der Waals surface area contributed by atoms with E-state index < -0.39 is 44.5 Å². The fourth-order valence-electron chi connectivity index (χ4n) is 1.22. The van der Waals surface area contributed by atoms with Crippen molar-refractivity contribution in [3.63, 3.8) is 0 Å². The SMILES string of the molecule is COC(=O)C(F)(F)C(F)(Cl)C(F)(F)C(F)(Cl)C(F)(F)C(F)(Cl)C(F)(F)Cl. The van der Waals surface area contributed by atoms with Crippen molar-refractivity contribution in [1.82, 2.24) is 0 Å². The normalized spacial score (nSPS) is 21.4. The van der Waals surface area contributed by atoms with Crippen LogP contribution in [0.2, 0.25) is 0 Å². The highest BCUT2D eigenvalue weighted by atomic mass is 35.5. The zero-order valence-electron chi connectivity index (χ0n) is 11.5. The van der Waals surface area contributed by atoms with Gasteiger partial charge in [0.25, 0.3) is 0 Å². The summed E-state index contributed by atoms with van der Waals surface area (Å²) < 4.78 is 150. The van der Waals surface area contributed by atoms with Crippen molar-refractivity contribution in [2.45, 2.75) is 38.5 Å². The van der Waals surface area contributed by atoms with Gasteiger partial charge in [-0.3, -0.25) is 0 Å². The van der Waals surface area contributed by atoms with Gasteiger partial charge in [-0.1, -0.05) is 34.8 Å². The van der Waals surface area contributed by atoms with Crippen molar-refractivity contribution in [3.05, 3.63) is 0 Å². The van der Waals surface area contributed by atoms with Crippen LogP contribution in [0.5, 0.6) is 0 Å². The molecule has 17 heteroatoms. The highest BCUT2D eigenvalue weighted by Crippen LogP contribution is 2.64. The highest BCUT2D eigenvalue weighted by molar-refractivity contribution is 6.34. The van der Waals surface area contributed by atoms with Crippen molar-refractivity contribution in [3.8, 4) is 0 Å². The smallest absolute Gasteiger partial charge is 0.395 e. The Kier molecular flexibility index (Phi) is 6.69. The molecule has 0 aromatic heterocycles. The summed E-state index contributed by atoms with van der Waals surface area (Å²) in [6.45, 7) is 0. The van der Waals surface area contributed by atoms with E-state index in [4.69, 9.17) is 0 Å². The van der Waals surface area contributed by atoms with E-state index >= 15 is 0 Å². The Morgan fingerprint density at radius 1 is 0.654 bits per heavy atom. The van der Waals surface area contributed by atoms with Gasteiger partial charge >= 0.3 is 44.5 Å². The van der Waals surface area contributed by atoms with Gasteiger partial charge in [0.2, 0.25) is 0 Å². The minimum Gasteiger partial charge on any atom is -0.464 e. The molecule has 0 fully saturated rings. The fraction of sp³-hybridized carbons (Fsp3) is 0.889. The molecular weight excluding hydrogens is 491 g/mol. The molecule has 3 unspecified atom stereocenters. The second kappa shape index (κ2) is 6.73. The monoisotopic (exact) mass is 492 g/mol. The number of hydrogen-bond acceptors (Lipinski definition) is 2. The van der Waals surface area contributed by atoms with Gasteiger partial charge in [0.05, 0.1) is 7.11 Å². The third-order valence-electron chi connectivity index (χ3n) is 2.77. The summed E-state index contributed by atoms with van der Waals surface area (Å²) in [7, 11) is 0.0682.